The first kappa shape index (κ1) is 42.9. The highest BCUT2D eigenvalue weighted by Gasteiger charge is 2.16. The molecule has 0 aromatic heterocycles. The molecule has 1 atom stereocenters. The lowest BCUT2D eigenvalue weighted by atomic mass is 10.0. The third-order valence-corrected chi connectivity index (χ3v) is 9.34. The van der Waals surface area contributed by atoms with Crippen LogP contribution in [-0.4, -0.2) is 23.1 Å². The maximum Gasteiger partial charge on any atom is 0.306 e. The lowest BCUT2D eigenvalue weighted by molar-refractivity contribution is -0.151. The molecule has 0 radical (unpaired) electrons. The number of carbonyl (C=O) groups excluding carboxylic acids is 1. The Morgan fingerprint density at radius 3 is 1.02 bits per heavy atom. The molecule has 0 aliphatic carbocycles. The first-order valence-corrected chi connectivity index (χ1v) is 20.0. The van der Waals surface area contributed by atoms with Crippen molar-refractivity contribution in [3.8, 4) is 0 Å². The molecule has 1 unspecified atom stereocenters. The van der Waals surface area contributed by atoms with Crippen LogP contribution in [0.2, 0.25) is 0 Å². The number of aliphatic carboxylic acids is 1. The maximum atomic E-state index is 12.4. The number of carboxylic acid groups (broad SMARTS) is 1. The fraction of sp³-hybridized carbons (Fsp3) is 0.950. The molecule has 0 saturated carbocycles. The molecule has 44 heavy (non-hydrogen) atoms. The predicted molar refractivity (Wildman–Crippen MR) is 190 cm³/mol. The van der Waals surface area contributed by atoms with Crippen molar-refractivity contribution in [1.29, 1.82) is 0 Å². The molecule has 0 heterocycles. The van der Waals surface area contributed by atoms with E-state index < -0.39 is 5.97 Å². The van der Waals surface area contributed by atoms with Gasteiger partial charge in [-0.1, -0.05) is 200 Å². The van der Waals surface area contributed by atoms with E-state index in [1.807, 2.05) is 0 Å². The van der Waals surface area contributed by atoms with Crippen LogP contribution in [-0.2, 0) is 14.3 Å². The second kappa shape index (κ2) is 36.4. The second-order valence-electron chi connectivity index (χ2n) is 13.8. The van der Waals surface area contributed by atoms with Gasteiger partial charge in [0.15, 0.2) is 0 Å². The molecule has 0 aromatic rings. The van der Waals surface area contributed by atoms with Gasteiger partial charge in [-0.25, -0.2) is 0 Å². The van der Waals surface area contributed by atoms with E-state index in [4.69, 9.17) is 9.84 Å². The van der Waals surface area contributed by atoms with Gasteiger partial charge in [0.2, 0.25) is 0 Å². The van der Waals surface area contributed by atoms with Gasteiger partial charge in [0, 0.05) is 12.8 Å². The zero-order valence-corrected chi connectivity index (χ0v) is 30.0. The zero-order chi connectivity index (χ0) is 32.2. The molecule has 0 saturated heterocycles. The minimum Gasteiger partial charge on any atom is -0.481 e. The van der Waals surface area contributed by atoms with E-state index in [1.54, 1.807) is 0 Å². The molecule has 0 aromatic carbocycles. The van der Waals surface area contributed by atoms with Gasteiger partial charge in [0.1, 0.15) is 6.10 Å². The Bertz CT molecular complexity index is 590. The lowest BCUT2D eigenvalue weighted by Gasteiger charge is -2.17. The number of carbonyl (C=O) groups is 2. The Labute approximate surface area is 275 Å². The van der Waals surface area contributed by atoms with Gasteiger partial charge in [-0.2, -0.15) is 0 Å². The van der Waals surface area contributed by atoms with Crippen LogP contribution in [0, 0.1) is 0 Å². The van der Waals surface area contributed by atoms with Crippen molar-refractivity contribution in [1.82, 2.24) is 0 Å². The zero-order valence-electron chi connectivity index (χ0n) is 30.0. The van der Waals surface area contributed by atoms with Gasteiger partial charge in [0.05, 0.1) is 0 Å². The largest absolute Gasteiger partial charge is 0.481 e. The van der Waals surface area contributed by atoms with E-state index in [9.17, 15) is 9.59 Å². The standard InChI is InChI=1S/C40H78O4/c1-3-5-7-9-11-13-15-16-17-18-19-20-21-22-23-24-25-27-29-31-33-35-40(43)44-38(36-37-39(41)42)34-32-30-28-26-14-12-10-8-6-4-2/h38H,3-37H2,1-2H3,(H,41,42). The van der Waals surface area contributed by atoms with E-state index in [1.165, 1.54) is 173 Å². The molecule has 0 spiro atoms. The summed E-state index contributed by atoms with van der Waals surface area (Å²) in [4.78, 5) is 23.5. The van der Waals surface area contributed by atoms with Crippen molar-refractivity contribution >= 4 is 11.9 Å². The van der Waals surface area contributed by atoms with E-state index in [-0.39, 0.29) is 18.5 Å². The van der Waals surface area contributed by atoms with Crippen molar-refractivity contribution < 1.29 is 19.4 Å². The minimum atomic E-state index is -0.807. The van der Waals surface area contributed by atoms with Crippen LogP contribution in [0.5, 0.6) is 0 Å². The molecule has 4 nitrogen and oxygen atoms in total. The Kier molecular flexibility index (Phi) is 35.5. The number of esters is 1. The molecule has 0 aliphatic heterocycles. The van der Waals surface area contributed by atoms with Crippen LogP contribution in [0.25, 0.3) is 0 Å². The average Bonchev–Trinajstić information content (AvgIpc) is 3.01. The van der Waals surface area contributed by atoms with Gasteiger partial charge < -0.3 is 9.84 Å². The third kappa shape index (κ3) is 35.4. The SMILES string of the molecule is CCCCCCCCCCCCCCCCCCCCCCCC(=O)OC(CCCCCCCCCCCC)CCC(=O)O. The van der Waals surface area contributed by atoms with Crippen LogP contribution in [0.1, 0.15) is 239 Å². The Morgan fingerprint density at radius 1 is 0.409 bits per heavy atom. The number of rotatable bonds is 37. The average molecular weight is 623 g/mol. The summed E-state index contributed by atoms with van der Waals surface area (Å²) in [7, 11) is 0. The van der Waals surface area contributed by atoms with Crippen molar-refractivity contribution in [3.05, 3.63) is 0 Å². The predicted octanol–water partition coefficient (Wildman–Crippen LogP) is 13.7. The Hall–Kier alpha value is -1.06. The number of hydrogen-bond acceptors (Lipinski definition) is 3. The molecule has 0 amide bonds. The van der Waals surface area contributed by atoms with Gasteiger partial charge in [-0.15, -0.1) is 0 Å². The first-order chi connectivity index (χ1) is 21.6. The summed E-state index contributed by atoms with van der Waals surface area (Å²) in [5, 5.41) is 9.09. The van der Waals surface area contributed by atoms with Crippen LogP contribution in [0.3, 0.4) is 0 Å². The topological polar surface area (TPSA) is 63.6 Å². The molecule has 262 valence electrons. The van der Waals surface area contributed by atoms with E-state index in [2.05, 4.69) is 13.8 Å². The highest BCUT2D eigenvalue weighted by atomic mass is 16.5. The fourth-order valence-corrected chi connectivity index (χ4v) is 6.35. The van der Waals surface area contributed by atoms with Crippen molar-refractivity contribution in [2.75, 3.05) is 0 Å². The Morgan fingerprint density at radius 2 is 0.705 bits per heavy atom. The molecular formula is C40H78O4. The van der Waals surface area contributed by atoms with Crippen LogP contribution < -0.4 is 0 Å². The van der Waals surface area contributed by atoms with Crippen LogP contribution in [0.4, 0.5) is 0 Å². The van der Waals surface area contributed by atoms with Crippen LogP contribution >= 0.6 is 0 Å². The van der Waals surface area contributed by atoms with Gasteiger partial charge in [-0.3, -0.25) is 9.59 Å². The summed E-state index contributed by atoms with van der Waals surface area (Å²) >= 11 is 0. The summed E-state index contributed by atoms with van der Waals surface area (Å²) in [6, 6.07) is 0. The number of unbranched alkanes of at least 4 members (excludes halogenated alkanes) is 29. The van der Waals surface area contributed by atoms with Gasteiger partial charge >= 0.3 is 11.9 Å². The second-order valence-corrected chi connectivity index (χ2v) is 13.8. The smallest absolute Gasteiger partial charge is 0.306 e. The molecular weight excluding hydrogens is 544 g/mol. The third-order valence-electron chi connectivity index (χ3n) is 9.34. The minimum absolute atomic E-state index is 0.0784. The summed E-state index contributed by atoms with van der Waals surface area (Å²) < 4.78 is 5.73. The quantitative estimate of drug-likeness (QED) is 0.0553. The highest BCUT2D eigenvalue weighted by Crippen LogP contribution is 2.18. The normalized spacial score (nSPS) is 12.0. The molecule has 0 fully saturated rings. The number of carboxylic acids is 1. The van der Waals surface area contributed by atoms with E-state index in [0.717, 1.165) is 32.1 Å². The summed E-state index contributed by atoms with van der Waals surface area (Å²) in [6.07, 6.45) is 42.8. The molecule has 0 bridgehead atoms. The molecule has 4 heteroatoms. The number of ether oxygens (including phenoxy) is 1. The van der Waals surface area contributed by atoms with E-state index in [0.29, 0.717) is 12.8 Å². The molecule has 0 rings (SSSR count). The highest BCUT2D eigenvalue weighted by molar-refractivity contribution is 5.69. The first-order valence-electron chi connectivity index (χ1n) is 20.0. The molecule has 0 aliphatic rings. The maximum absolute atomic E-state index is 12.4. The lowest BCUT2D eigenvalue weighted by Crippen LogP contribution is -2.19. The van der Waals surface area contributed by atoms with E-state index >= 15 is 0 Å². The van der Waals surface area contributed by atoms with Crippen molar-refractivity contribution in [2.45, 2.75) is 245 Å². The number of hydrogen-bond donors (Lipinski definition) is 1. The Balaban J connectivity index is 3.58. The van der Waals surface area contributed by atoms with Crippen molar-refractivity contribution in [2.24, 2.45) is 0 Å². The monoisotopic (exact) mass is 623 g/mol. The molecule has 1 N–H and O–H groups in total. The van der Waals surface area contributed by atoms with Crippen molar-refractivity contribution in [3.63, 3.8) is 0 Å². The van der Waals surface area contributed by atoms with Gasteiger partial charge in [0.25, 0.3) is 0 Å². The summed E-state index contributed by atoms with van der Waals surface area (Å²) in [5.41, 5.74) is 0. The fourth-order valence-electron chi connectivity index (χ4n) is 6.35. The summed E-state index contributed by atoms with van der Waals surface area (Å²) in [6.45, 7) is 4.54. The summed E-state index contributed by atoms with van der Waals surface area (Å²) in [5.74, 6) is -0.941. The van der Waals surface area contributed by atoms with Gasteiger partial charge in [-0.05, 0) is 25.7 Å². The van der Waals surface area contributed by atoms with Crippen LogP contribution in [0.15, 0.2) is 0 Å².